The van der Waals surface area contributed by atoms with E-state index in [-0.39, 0.29) is 11.9 Å². The Hall–Kier alpha value is -2.37. The molecule has 2 aliphatic heterocycles. The summed E-state index contributed by atoms with van der Waals surface area (Å²) in [6.45, 7) is 3.12. The van der Waals surface area contributed by atoms with Gasteiger partial charge in [-0.05, 0) is 36.0 Å². The molecule has 1 saturated heterocycles. The molecular formula is C17H20N2O4. The van der Waals surface area contributed by atoms with Crippen molar-refractivity contribution in [1.29, 1.82) is 0 Å². The second-order valence-electron chi connectivity index (χ2n) is 6.25. The van der Waals surface area contributed by atoms with Crippen molar-refractivity contribution in [3.05, 3.63) is 34.9 Å². The van der Waals surface area contributed by atoms with Crippen LogP contribution in [-0.2, 0) is 20.9 Å². The van der Waals surface area contributed by atoms with E-state index < -0.39 is 11.9 Å². The molecule has 1 aromatic carbocycles. The molecule has 0 radical (unpaired) electrons. The summed E-state index contributed by atoms with van der Waals surface area (Å²) < 4.78 is 4.58. The molecule has 6 nitrogen and oxygen atoms in total. The predicted octanol–water partition coefficient (Wildman–Crippen LogP) is 1.40. The molecule has 6 heteroatoms. The fraction of sp³-hybridized carbons (Fsp3) is 0.471. The van der Waals surface area contributed by atoms with Crippen molar-refractivity contribution in [1.82, 2.24) is 10.2 Å². The third-order valence-electron chi connectivity index (χ3n) is 4.64. The van der Waals surface area contributed by atoms with Gasteiger partial charge < -0.3 is 15.0 Å². The largest absolute Gasteiger partial charge is 0.462 e. The number of methoxy groups -OCH3 is 1. The molecule has 3 rings (SSSR count). The lowest BCUT2D eigenvalue weighted by Crippen LogP contribution is -2.45. The van der Waals surface area contributed by atoms with E-state index in [4.69, 9.17) is 0 Å². The zero-order valence-electron chi connectivity index (χ0n) is 13.3. The quantitative estimate of drug-likeness (QED) is 0.628. The maximum Gasteiger partial charge on any atom is 0.396 e. The number of benzene rings is 1. The van der Waals surface area contributed by atoms with Crippen molar-refractivity contribution in [2.45, 2.75) is 32.4 Å². The van der Waals surface area contributed by atoms with Gasteiger partial charge in [-0.2, -0.15) is 0 Å². The first kappa shape index (κ1) is 15.5. The van der Waals surface area contributed by atoms with E-state index in [0.29, 0.717) is 24.6 Å². The van der Waals surface area contributed by atoms with Gasteiger partial charge in [0.15, 0.2) is 0 Å². The van der Waals surface area contributed by atoms with Crippen LogP contribution in [0.25, 0.3) is 0 Å². The second kappa shape index (κ2) is 6.02. The van der Waals surface area contributed by atoms with Gasteiger partial charge in [-0.1, -0.05) is 19.1 Å². The molecule has 2 amide bonds. The molecule has 2 unspecified atom stereocenters. The summed E-state index contributed by atoms with van der Waals surface area (Å²) in [5.41, 5.74) is 2.52. The van der Waals surface area contributed by atoms with Crippen molar-refractivity contribution < 1.29 is 19.1 Å². The van der Waals surface area contributed by atoms with Gasteiger partial charge in [0, 0.05) is 18.7 Å². The highest BCUT2D eigenvalue weighted by atomic mass is 16.5. The molecule has 0 saturated carbocycles. The van der Waals surface area contributed by atoms with Crippen molar-refractivity contribution in [3.63, 3.8) is 0 Å². The number of nitrogens with zero attached hydrogens (tertiary/aromatic N) is 1. The van der Waals surface area contributed by atoms with Gasteiger partial charge in [-0.25, -0.2) is 4.79 Å². The zero-order valence-corrected chi connectivity index (χ0v) is 13.3. The average Bonchev–Trinajstić information content (AvgIpc) is 2.94. The average molecular weight is 316 g/mol. The predicted molar refractivity (Wildman–Crippen MR) is 82.5 cm³/mol. The number of esters is 1. The van der Waals surface area contributed by atoms with E-state index in [1.807, 2.05) is 18.2 Å². The smallest absolute Gasteiger partial charge is 0.396 e. The summed E-state index contributed by atoms with van der Waals surface area (Å²) in [6, 6.07) is 5.51. The van der Waals surface area contributed by atoms with Gasteiger partial charge in [0.05, 0.1) is 13.2 Å². The summed E-state index contributed by atoms with van der Waals surface area (Å²) in [6.07, 6.45) is 1.74. The zero-order chi connectivity index (χ0) is 16.6. The Morgan fingerprint density at radius 3 is 2.83 bits per heavy atom. The first-order chi connectivity index (χ1) is 11.0. The molecule has 2 aliphatic rings. The van der Waals surface area contributed by atoms with Crippen LogP contribution < -0.4 is 5.32 Å². The second-order valence-corrected chi connectivity index (χ2v) is 6.25. The van der Waals surface area contributed by atoms with Crippen LogP contribution in [0.15, 0.2) is 18.2 Å². The number of fused-ring (bicyclic) bond motifs is 1. The lowest BCUT2D eigenvalue weighted by atomic mass is 9.88. The molecule has 0 spiro atoms. The molecule has 2 atom stereocenters. The number of likely N-dealkylation sites (tertiary alicyclic amines) is 1. The third-order valence-corrected chi connectivity index (χ3v) is 4.64. The lowest BCUT2D eigenvalue weighted by molar-refractivity contribution is -0.160. The number of amides is 2. The van der Waals surface area contributed by atoms with Crippen LogP contribution in [0.1, 0.15) is 47.3 Å². The highest BCUT2D eigenvalue weighted by molar-refractivity contribution is 6.32. The minimum absolute atomic E-state index is 0.0862. The monoisotopic (exact) mass is 316 g/mol. The molecule has 1 fully saturated rings. The van der Waals surface area contributed by atoms with Crippen molar-refractivity contribution in [3.8, 4) is 0 Å². The van der Waals surface area contributed by atoms with Crippen molar-refractivity contribution in [2.75, 3.05) is 13.7 Å². The molecule has 1 aromatic rings. The van der Waals surface area contributed by atoms with E-state index in [1.165, 1.54) is 7.11 Å². The Labute approximate surface area is 134 Å². The lowest BCUT2D eigenvalue weighted by Gasteiger charge is -2.38. The Bertz CT molecular complexity index is 671. The molecule has 0 aliphatic carbocycles. The number of hydrogen-bond acceptors (Lipinski definition) is 4. The molecule has 1 N–H and O–H groups in total. The van der Waals surface area contributed by atoms with Crippen molar-refractivity contribution >= 4 is 17.8 Å². The van der Waals surface area contributed by atoms with Crippen molar-refractivity contribution in [2.24, 2.45) is 5.92 Å². The number of piperidine rings is 1. The van der Waals surface area contributed by atoms with Gasteiger partial charge in [0.25, 0.3) is 5.91 Å². The molecule has 23 heavy (non-hydrogen) atoms. The molecule has 0 aromatic heterocycles. The van der Waals surface area contributed by atoms with Crippen LogP contribution in [0.5, 0.6) is 0 Å². The van der Waals surface area contributed by atoms with Crippen LogP contribution >= 0.6 is 0 Å². The number of rotatable bonds is 1. The van der Waals surface area contributed by atoms with E-state index in [2.05, 4.69) is 17.0 Å². The minimum Gasteiger partial charge on any atom is -0.462 e. The fourth-order valence-electron chi connectivity index (χ4n) is 3.37. The fourth-order valence-corrected chi connectivity index (χ4v) is 3.37. The maximum absolute atomic E-state index is 12.3. The maximum atomic E-state index is 12.3. The van der Waals surface area contributed by atoms with Gasteiger partial charge in [0.2, 0.25) is 0 Å². The Kier molecular flexibility index (Phi) is 4.07. The van der Waals surface area contributed by atoms with E-state index >= 15 is 0 Å². The van der Waals surface area contributed by atoms with E-state index in [1.54, 1.807) is 4.90 Å². The van der Waals surface area contributed by atoms with Crippen LogP contribution in [0.4, 0.5) is 0 Å². The first-order valence-electron chi connectivity index (χ1n) is 7.81. The number of carbonyl (C=O) groups is 3. The summed E-state index contributed by atoms with van der Waals surface area (Å²) in [5.74, 6) is -1.22. The normalized spacial score (nSPS) is 23.2. The van der Waals surface area contributed by atoms with Crippen LogP contribution in [0, 0.1) is 5.92 Å². The van der Waals surface area contributed by atoms with Gasteiger partial charge in [0.1, 0.15) is 0 Å². The number of carbonyl (C=O) groups excluding carboxylic acids is 3. The summed E-state index contributed by atoms with van der Waals surface area (Å²) in [4.78, 5) is 37.4. The van der Waals surface area contributed by atoms with Gasteiger partial charge in [-0.3, -0.25) is 9.59 Å². The number of hydrogen-bond donors (Lipinski definition) is 1. The van der Waals surface area contributed by atoms with Gasteiger partial charge in [-0.15, -0.1) is 0 Å². The Balaban J connectivity index is 1.93. The first-order valence-corrected chi connectivity index (χ1v) is 7.81. The summed E-state index contributed by atoms with van der Waals surface area (Å²) in [7, 11) is 1.21. The highest BCUT2D eigenvalue weighted by Crippen LogP contribution is 2.34. The molecule has 122 valence electrons. The Morgan fingerprint density at radius 1 is 1.30 bits per heavy atom. The standard InChI is InChI=1S/C17H20N2O4/c1-10-3-6-14(19(9-10)16(21)17(22)23-2)11-4-5-12-8-18-15(20)13(12)7-11/h4-5,7,10,14H,3,6,8-9H2,1-2H3,(H,18,20). The van der Waals surface area contributed by atoms with E-state index in [9.17, 15) is 14.4 Å². The SMILES string of the molecule is COC(=O)C(=O)N1CC(C)CCC1c1ccc2c(c1)C(=O)NC2. The van der Waals surface area contributed by atoms with E-state index in [0.717, 1.165) is 24.0 Å². The number of nitrogens with one attached hydrogen (secondary N) is 1. The summed E-state index contributed by atoms with van der Waals surface area (Å²) >= 11 is 0. The van der Waals surface area contributed by atoms with Crippen LogP contribution in [0.2, 0.25) is 0 Å². The molecule has 2 heterocycles. The highest BCUT2D eigenvalue weighted by Gasteiger charge is 2.35. The third kappa shape index (κ3) is 2.81. The van der Waals surface area contributed by atoms with Gasteiger partial charge >= 0.3 is 11.9 Å². The molecular weight excluding hydrogens is 296 g/mol. The number of ether oxygens (including phenoxy) is 1. The Morgan fingerprint density at radius 2 is 2.09 bits per heavy atom. The van der Waals surface area contributed by atoms with Crippen LogP contribution in [0.3, 0.4) is 0 Å². The van der Waals surface area contributed by atoms with Crippen LogP contribution in [-0.4, -0.2) is 36.3 Å². The molecule has 0 bridgehead atoms. The minimum atomic E-state index is -0.844. The topological polar surface area (TPSA) is 75.7 Å². The summed E-state index contributed by atoms with van der Waals surface area (Å²) in [5, 5.41) is 2.79.